The van der Waals surface area contributed by atoms with Crippen molar-refractivity contribution in [2.45, 2.75) is 6.54 Å². The first kappa shape index (κ1) is 14.8. The van der Waals surface area contributed by atoms with Crippen molar-refractivity contribution >= 4 is 11.7 Å². The number of carbonyl (C=O) groups is 1. The molecule has 21 heavy (non-hydrogen) atoms. The van der Waals surface area contributed by atoms with Gasteiger partial charge < -0.3 is 10.4 Å². The van der Waals surface area contributed by atoms with E-state index in [9.17, 15) is 22.4 Å². The van der Waals surface area contributed by atoms with Gasteiger partial charge in [-0.25, -0.2) is 22.4 Å². The average Bonchev–Trinajstić information content (AvgIpc) is 2.41. The van der Waals surface area contributed by atoms with Crippen LogP contribution in [0.4, 0.5) is 23.2 Å². The number of hydrogen-bond donors (Lipinski definition) is 2. The van der Waals surface area contributed by atoms with E-state index in [1.165, 1.54) is 0 Å². The second-order valence-corrected chi connectivity index (χ2v) is 4.18. The van der Waals surface area contributed by atoms with Crippen LogP contribution in [0.1, 0.15) is 15.9 Å². The number of carboxylic acids is 1. The van der Waals surface area contributed by atoms with Crippen molar-refractivity contribution in [2.75, 3.05) is 5.32 Å². The highest BCUT2D eigenvalue weighted by Gasteiger charge is 2.18. The Bertz CT molecular complexity index is 704. The Morgan fingerprint density at radius 1 is 1.05 bits per heavy atom. The summed E-state index contributed by atoms with van der Waals surface area (Å²) in [6.45, 7) is -0.213. The van der Waals surface area contributed by atoms with E-state index >= 15 is 0 Å². The summed E-state index contributed by atoms with van der Waals surface area (Å²) < 4.78 is 53.2. The lowest BCUT2D eigenvalue weighted by molar-refractivity contribution is 0.0690. The van der Waals surface area contributed by atoms with Gasteiger partial charge in [0.1, 0.15) is 11.6 Å². The van der Waals surface area contributed by atoms with Crippen LogP contribution < -0.4 is 5.32 Å². The number of halogens is 4. The first-order valence-electron chi connectivity index (χ1n) is 5.79. The monoisotopic (exact) mass is 299 g/mol. The predicted octanol–water partition coefficient (Wildman–Crippen LogP) is 3.55. The zero-order chi connectivity index (χ0) is 15.6. The van der Waals surface area contributed by atoms with Crippen molar-refractivity contribution in [1.82, 2.24) is 0 Å². The molecule has 7 heteroatoms. The maximum atomic E-state index is 13.6. The molecular formula is C14H9F4NO2. The summed E-state index contributed by atoms with van der Waals surface area (Å²) in [6.07, 6.45) is 0. The van der Waals surface area contributed by atoms with Crippen molar-refractivity contribution < 1.29 is 27.5 Å². The van der Waals surface area contributed by atoms with E-state index in [-0.39, 0.29) is 17.8 Å². The highest BCUT2D eigenvalue weighted by Crippen LogP contribution is 2.22. The van der Waals surface area contributed by atoms with E-state index < -0.39 is 34.8 Å². The van der Waals surface area contributed by atoms with E-state index in [0.29, 0.717) is 6.07 Å². The Balaban J connectivity index is 2.21. The van der Waals surface area contributed by atoms with Crippen LogP contribution in [0.2, 0.25) is 0 Å². The summed E-state index contributed by atoms with van der Waals surface area (Å²) in [6, 6.07) is 4.79. The van der Waals surface area contributed by atoms with Crippen molar-refractivity contribution in [3.63, 3.8) is 0 Å². The van der Waals surface area contributed by atoms with Gasteiger partial charge >= 0.3 is 5.97 Å². The zero-order valence-electron chi connectivity index (χ0n) is 10.5. The van der Waals surface area contributed by atoms with Gasteiger partial charge in [-0.15, -0.1) is 0 Å². The molecule has 3 nitrogen and oxygen atoms in total. The van der Waals surface area contributed by atoms with E-state index in [0.717, 1.165) is 24.3 Å². The number of rotatable bonds is 4. The number of anilines is 1. The zero-order valence-corrected chi connectivity index (χ0v) is 10.5. The third kappa shape index (κ3) is 3.13. The Morgan fingerprint density at radius 2 is 1.76 bits per heavy atom. The molecule has 0 bridgehead atoms. The van der Waals surface area contributed by atoms with Crippen LogP contribution in [0, 0.1) is 23.3 Å². The lowest BCUT2D eigenvalue weighted by atomic mass is 10.1. The minimum absolute atomic E-state index is 0.0542. The van der Waals surface area contributed by atoms with Crippen molar-refractivity contribution in [2.24, 2.45) is 0 Å². The van der Waals surface area contributed by atoms with E-state index in [1.807, 2.05) is 0 Å². The number of carboxylic acid groups (broad SMARTS) is 1. The maximum absolute atomic E-state index is 13.6. The molecule has 0 saturated heterocycles. The van der Waals surface area contributed by atoms with Crippen molar-refractivity contribution in [3.8, 4) is 0 Å². The third-order valence-corrected chi connectivity index (χ3v) is 2.80. The van der Waals surface area contributed by atoms with Crippen LogP contribution in [0.3, 0.4) is 0 Å². The molecule has 110 valence electrons. The lowest BCUT2D eigenvalue weighted by Crippen LogP contribution is -2.08. The van der Waals surface area contributed by atoms with Crippen LogP contribution in [0.15, 0.2) is 30.3 Å². The number of nitrogens with one attached hydrogen (secondary N) is 1. The SMILES string of the molecule is O=C(O)c1ccc(NCc2ccc(F)cc2F)c(F)c1F. The van der Waals surface area contributed by atoms with Gasteiger partial charge in [0.2, 0.25) is 0 Å². The Morgan fingerprint density at radius 3 is 2.38 bits per heavy atom. The Kier molecular flexibility index (Phi) is 4.11. The molecule has 0 amide bonds. The lowest BCUT2D eigenvalue weighted by Gasteiger charge is -2.10. The fourth-order valence-electron chi connectivity index (χ4n) is 1.71. The van der Waals surface area contributed by atoms with Gasteiger partial charge in [-0.2, -0.15) is 0 Å². The third-order valence-electron chi connectivity index (χ3n) is 2.80. The number of benzene rings is 2. The normalized spacial score (nSPS) is 10.5. The van der Waals surface area contributed by atoms with E-state index in [1.54, 1.807) is 0 Å². The fraction of sp³-hybridized carbons (Fsp3) is 0.0714. The minimum atomic E-state index is -1.59. The Hall–Kier alpha value is -2.57. The van der Waals surface area contributed by atoms with Crippen molar-refractivity contribution in [1.29, 1.82) is 0 Å². The van der Waals surface area contributed by atoms with Crippen LogP contribution in [-0.4, -0.2) is 11.1 Å². The summed E-state index contributed by atoms with van der Waals surface area (Å²) in [5, 5.41) is 11.1. The molecule has 0 spiro atoms. The largest absolute Gasteiger partial charge is 0.478 e. The molecule has 2 rings (SSSR count). The van der Waals surface area contributed by atoms with Crippen LogP contribution in [0.5, 0.6) is 0 Å². The van der Waals surface area contributed by atoms with Gasteiger partial charge in [0.15, 0.2) is 11.6 Å². The van der Waals surface area contributed by atoms with Gasteiger partial charge in [-0.05, 0) is 18.2 Å². The molecule has 2 aromatic carbocycles. The summed E-state index contributed by atoms with van der Waals surface area (Å²) >= 11 is 0. The predicted molar refractivity (Wildman–Crippen MR) is 67.0 cm³/mol. The fourth-order valence-corrected chi connectivity index (χ4v) is 1.71. The number of hydrogen-bond acceptors (Lipinski definition) is 2. The number of aromatic carboxylic acids is 1. The van der Waals surface area contributed by atoms with Gasteiger partial charge in [0.25, 0.3) is 0 Å². The van der Waals surface area contributed by atoms with Gasteiger partial charge in [0, 0.05) is 18.2 Å². The molecular weight excluding hydrogens is 290 g/mol. The highest BCUT2D eigenvalue weighted by atomic mass is 19.2. The Labute approximate surface area is 116 Å². The molecule has 0 atom stereocenters. The van der Waals surface area contributed by atoms with E-state index in [4.69, 9.17) is 5.11 Å². The minimum Gasteiger partial charge on any atom is -0.478 e. The molecule has 0 aliphatic rings. The van der Waals surface area contributed by atoms with E-state index in [2.05, 4.69) is 5.32 Å². The summed E-state index contributed by atoms with van der Waals surface area (Å²) in [4.78, 5) is 10.6. The summed E-state index contributed by atoms with van der Waals surface area (Å²) in [5.74, 6) is -6.06. The molecule has 0 unspecified atom stereocenters. The smallest absolute Gasteiger partial charge is 0.338 e. The van der Waals surface area contributed by atoms with Gasteiger partial charge in [-0.3, -0.25) is 0 Å². The summed E-state index contributed by atoms with van der Waals surface area (Å²) in [5.41, 5.74) is -1.06. The molecule has 0 radical (unpaired) electrons. The first-order chi connectivity index (χ1) is 9.90. The molecule has 0 aliphatic heterocycles. The van der Waals surface area contributed by atoms with Crippen LogP contribution in [-0.2, 0) is 6.54 Å². The molecule has 2 N–H and O–H groups in total. The molecule has 0 heterocycles. The average molecular weight is 299 g/mol. The summed E-state index contributed by atoms with van der Waals surface area (Å²) in [7, 11) is 0. The quantitative estimate of drug-likeness (QED) is 0.849. The standard InChI is InChI=1S/C14H9F4NO2/c15-8-2-1-7(10(16)5-8)6-19-11-4-3-9(14(20)21)12(17)13(11)18/h1-5,19H,6H2,(H,20,21). The van der Waals surface area contributed by atoms with Crippen LogP contribution >= 0.6 is 0 Å². The molecule has 0 aliphatic carbocycles. The van der Waals surface area contributed by atoms with Crippen molar-refractivity contribution in [3.05, 3.63) is 64.7 Å². The molecule has 0 saturated carbocycles. The topological polar surface area (TPSA) is 49.3 Å². The van der Waals surface area contributed by atoms with Gasteiger partial charge in [0.05, 0.1) is 11.3 Å². The second-order valence-electron chi connectivity index (χ2n) is 4.18. The maximum Gasteiger partial charge on any atom is 0.338 e. The second kappa shape index (κ2) is 5.82. The molecule has 2 aromatic rings. The molecule has 0 fully saturated rings. The van der Waals surface area contributed by atoms with Crippen LogP contribution in [0.25, 0.3) is 0 Å². The molecule has 0 aromatic heterocycles. The first-order valence-corrected chi connectivity index (χ1v) is 5.79. The van der Waals surface area contributed by atoms with Gasteiger partial charge in [-0.1, -0.05) is 6.07 Å². The highest BCUT2D eigenvalue weighted by molar-refractivity contribution is 5.88.